The number of rotatable bonds is 3. The molecule has 0 saturated heterocycles. The predicted molar refractivity (Wildman–Crippen MR) is 110 cm³/mol. The van der Waals surface area contributed by atoms with Crippen LogP contribution in [0, 0.1) is 20.8 Å². The third-order valence-corrected chi connectivity index (χ3v) is 5.47. The summed E-state index contributed by atoms with van der Waals surface area (Å²) in [6.45, 7) is 5.76. The summed E-state index contributed by atoms with van der Waals surface area (Å²) in [4.78, 5) is 21.7. The Bertz CT molecular complexity index is 1050. The Morgan fingerprint density at radius 1 is 1.11 bits per heavy atom. The number of hydrogen-bond acceptors (Lipinski definition) is 5. The molecule has 0 aliphatic heterocycles. The summed E-state index contributed by atoms with van der Waals surface area (Å²) < 4.78 is 1.78. The van der Waals surface area contributed by atoms with Crippen LogP contribution in [-0.4, -0.2) is 31.7 Å². The average Bonchev–Trinajstić information content (AvgIpc) is 3.15. The van der Waals surface area contributed by atoms with E-state index in [2.05, 4.69) is 15.4 Å². The molecule has 0 bridgehead atoms. The summed E-state index contributed by atoms with van der Waals surface area (Å²) in [6, 6.07) is 0.432. The van der Waals surface area contributed by atoms with Crippen molar-refractivity contribution in [3.63, 3.8) is 0 Å². The maximum atomic E-state index is 12.2. The summed E-state index contributed by atoms with van der Waals surface area (Å²) >= 11 is 0. The largest absolute Gasteiger partial charge is 0.366 e. The fraction of sp³-hybridized carbons (Fsp3) is 0.474. The minimum absolute atomic E-state index is 0. The van der Waals surface area contributed by atoms with Gasteiger partial charge in [-0.25, -0.2) is 9.97 Å². The van der Waals surface area contributed by atoms with Gasteiger partial charge in [-0.2, -0.15) is 5.10 Å². The van der Waals surface area contributed by atoms with E-state index in [4.69, 9.17) is 10.7 Å². The number of aryl methyl sites for hydroxylation is 4. The Labute approximate surface area is 164 Å². The normalized spacial score (nSPS) is 14.7. The number of primary amides is 1. The van der Waals surface area contributed by atoms with Crippen molar-refractivity contribution < 1.29 is 4.79 Å². The predicted octanol–water partition coefficient (Wildman–Crippen LogP) is 3.32. The van der Waals surface area contributed by atoms with Gasteiger partial charge >= 0.3 is 0 Å². The Hall–Kier alpha value is -2.41. The van der Waals surface area contributed by atoms with Gasteiger partial charge in [-0.1, -0.05) is 12.8 Å². The van der Waals surface area contributed by atoms with Gasteiger partial charge in [-0.15, -0.1) is 12.4 Å². The zero-order chi connectivity index (χ0) is 18.6. The molecule has 3 N–H and O–H groups in total. The van der Waals surface area contributed by atoms with Crippen molar-refractivity contribution in [1.29, 1.82) is 0 Å². The second-order valence-electron chi connectivity index (χ2n) is 7.28. The highest BCUT2D eigenvalue weighted by Crippen LogP contribution is 2.35. The molecule has 4 rings (SSSR count). The Balaban J connectivity index is 0.00000210. The molecule has 2 aromatic heterocycles. The molecular weight excluding hydrogens is 364 g/mol. The van der Waals surface area contributed by atoms with Gasteiger partial charge in [0.05, 0.1) is 22.5 Å². The van der Waals surface area contributed by atoms with Crippen LogP contribution in [0.1, 0.15) is 53.0 Å². The zero-order valence-corrected chi connectivity index (χ0v) is 16.9. The molecule has 2 heterocycles. The summed E-state index contributed by atoms with van der Waals surface area (Å²) in [5, 5.41) is 9.66. The lowest BCUT2D eigenvalue weighted by Gasteiger charge is -2.16. The average molecular weight is 389 g/mol. The van der Waals surface area contributed by atoms with Gasteiger partial charge in [0.1, 0.15) is 5.52 Å². The molecule has 144 valence electrons. The molecule has 8 heteroatoms. The molecule has 0 unspecified atom stereocenters. The molecule has 1 fully saturated rings. The number of amides is 1. The first-order valence-electron chi connectivity index (χ1n) is 9.09. The number of anilines is 1. The first kappa shape index (κ1) is 19.4. The first-order chi connectivity index (χ1) is 12.4. The number of nitrogens with zero attached hydrogens (tertiary/aromatic N) is 4. The minimum Gasteiger partial charge on any atom is -0.366 e. The summed E-state index contributed by atoms with van der Waals surface area (Å²) in [7, 11) is 1.87. The Morgan fingerprint density at radius 3 is 2.41 bits per heavy atom. The number of nitrogens with two attached hydrogens (primary N) is 1. The van der Waals surface area contributed by atoms with Gasteiger partial charge in [0, 0.05) is 23.9 Å². The van der Waals surface area contributed by atoms with E-state index in [1.807, 2.05) is 27.8 Å². The van der Waals surface area contributed by atoms with Gasteiger partial charge in [0.2, 0.25) is 11.9 Å². The lowest BCUT2D eigenvalue weighted by Crippen LogP contribution is -2.18. The van der Waals surface area contributed by atoms with E-state index < -0.39 is 5.91 Å². The summed E-state index contributed by atoms with van der Waals surface area (Å²) in [5.74, 6) is 0.200. The van der Waals surface area contributed by atoms with Crippen LogP contribution < -0.4 is 11.1 Å². The number of aromatic nitrogens is 4. The van der Waals surface area contributed by atoms with Crippen LogP contribution >= 0.6 is 12.4 Å². The van der Waals surface area contributed by atoms with Crippen molar-refractivity contribution in [3.8, 4) is 0 Å². The fourth-order valence-corrected chi connectivity index (χ4v) is 4.36. The van der Waals surface area contributed by atoms with Crippen LogP contribution in [0.25, 0.3) is 21.8 Å². The number of carbonyl (C=O) groups excluding carboxylic acids is 1. The first-order valence-corrected chi connectivity index (χ1v) is 9.09. The molecule has 1 aliphatic carbocycles. The third kappa shape index (κ3) is 3.00. The van der Waals surface area contributed by atoms with Crippen molar-refractivity contribution in [3.05, 3.63) is 22.5 Å². The quantitative estimate of drug-likeness (QED) is 0.717. The van der Waals surface area contributed by atoms with Crippen molar-refractivity contribution in [1.82, 2.24) is 19.7 Å². The van der Waals surface area contributed by atoms with Crippen LogP contribution in [0.3, 0.4) is 0 Å². The van der Waals surface area contributed by atoms with Gasteiger partial charge in [0.15, 0.2) is 0 Å². The Morgan fingerprint density at radius 2 is 1.78 bits per heavy atom. The van der Waals surface area contributed by atoms with Gasteiger partial charge in [-0.3, -0.25) is 9.48 Å². The van der Waals surface area contributed by atoms with Crippen LogP contribution in [0.4, 0.5) is 5.95 Å². The molecule has 27 heavy (non-hydrogen) atoms. The molecule has 1 amide bonds. The highest BCUT2D eigenvalue weighted by Gasteiger charge is 2.24. The summed E-state index contributed by atoms with van der Waals surface area (Å²) in [6.07, 6.45) is 4.80. The van der Waals surface area contributed by atoms with Gasteiger partial charge in [0.25, 0.3) is 0 Å². The third-order valence-electron chi connectivity index (χ3n) is 5.47. The van der Waals surface area contributed by atoms with Crippen molar-refractivity contribution in [2.45, 2.75) is 52.5 Å². The van der Waals surface area contributed by atoms with E-state index >= 15 is 0 Å². The van der Waals surface area contributed by atoms with E-state index in [0.29, 0.717) is 17.6 Å². The van der Waals surface area contributed by atoms with Crippen molar-refractivity contribution in [2.75, 3.05) is 5.32 Å². The molecule has 3 aromatic rings. The summed E-state index contributed by atoms with van der Waals surface area (Å²) in [5.41, 5.74) is 10.3. The second kappa shape index (κ2) is 6.96. The van der Waals surface area contributed by atoms with E-state index in [9.17, 15) is 4.79 Å². The number of fused-ring (bicyclic) bond motifs is 3. The second-order valence-corrected chi connectivity index (χ2v) is 7.28. The van der Waals surface area contributed by atoms with Crippen LogP contribution in [0.2, 0.25) is 0 Å². The van der Waals surface area contributed by atoms with E-state index in [1.54, 1.807) is 4.68 Å². The number of hydrogen-bond donors (Lipinski definition) is 2. The molecule has 1 aromatic carbocycles. The molecule has 0 spiro atoms. The number of carbonyl (C=O) groups is 1. The van der Waals surface area contributed by atoms with E-state index in [1.165, 1.54) is 12.8 Å². The number of benzene rings is 1. The van der Waals surface area contributed by atoms with Crippen molar-refractivity contribution in [2.24, 2.45) is 12.8 Å². The molecule has 1 aliphatic rings. The maximum Gasteiger partial charge on any atom is 0.249 e. The molecule has 7 nitrogen and oxygen atoms in total. The maximum absolute atomic E-state index is 12.2. The highest BCUT2D eigenvalue weighted by molar-refractivity contribution is 6.17. The van der Waals surface area contributed by atoms with Gasteiger partial charge < -0.3 is 11.1 Å². The number of nitrogens with one attached hydrogen (secondary N) is 1. The fourth-order valence-electron chi connectivity index (χ4n) is 4.36. The topological polar surface area (TPSA) is 98.7 Å². The lowest BCUT2D eigenvalue weighted by molar-refractivity contribution is 0.100. The smallest absolute Gasteiger partial charge is 0.249 e. The monoisotopic (exact) mass is 388 g/mol. The SMILES string of the molecule is Cc1nc(NC2CCCC2)nc2c1c(C)c(C(N)=O)c1c(C)nn(C)c12.Cl. The van der Waals surface area contributed by atoms with Crippen molar-refractivity contribution >= 4 is 46.1 Å². The number of halogens is 1. The van der Waals surface area contributed by atoms with Crippen LogP contribution in [0.15, 0.2) is 0 Å². The van der Waals surface area contributed by atoms with E-state index in [-0.39, 0.29) is 12.4 Å². The lowest BCUT2D eigenvalue weighted by atomic mass is 9.96. The highest BCUT2D eigenvalue weighted by atomic mass is 35.5. The van der Waals surface area contributed by atoms with E-state index in [0.717, 1.165) is 51.6 Å². The standard InChI is InChI=1S/C19H24N6O.ClH/c1-9-13-10(2)21-19(22-12-7-5-6-8-12)23-16(13)17-15(14(9)18(20)26)11(3)24-25(17)4;/h12H,5-8H2,1-4H3,(H2,20,26)(H,21,22,23);1H. The zero-order valence-electron chi connectivity index (χ0n) is 16.1. The van der Waals surface area contributed by atoms with Gasteiger partial charge in [-0.05, 0) is 39.2 Å². The molecule has 1 saturated carbocycles. The Kier molecular flexibility index (Phi) is 4.99. The molecular formula is C19H25ClN6O. The molecule has 0 radical (unpaired) electrons. The molecule has 0 atom stereocenters. The van der Waals surface area contributed by atoms with Crippen LogP contribution in [-0.2, 0) is 7.05 Å². The van der Waals surface area contributed by atoms with Crippen LogP contribution in [0.5, 0.6) is 0 Å². The minimum atomic E-state index is -0.446.